The molecule has 0 aromatic heterocycles. The number of halogens is 3. The third kappa shape index (κ3) is 3.26. The van der Waals surface area contributed by atoms with Gasteiger partial charge in [-0.2, -0.15) is 13.2 Å². The molecule has 1 atom stereocenters. The van der Waals surface area contributed by atoms with Gasteiger partial charge in [-0.25, -0.2) is 0 Å². The number of ether oxygens (including phenoxy) is 1. The van der Waals surface area contributed by atoms with E-state index in [9.17, 15) is 13.2 Å². The fourth-order valence-corrected chi connectivity index (χ4v) is 2.85. The first kappa shape index (κ1) is 15.2. The van der Waals surface area contributed by atoms with Crippen molar-refractivity contribution in [2.24, 2.45) is 5.92 Å². The second-order valence-corrected chi connectivity index (χ2v) is 5.33. The Morgan fingerprint density at radius 2 is 1.90 bits per heavy atom. The van der Waals surface area contributed by atoms with E-state index >= 15 is 0 Å². The van der Waals surface area contributed by atoms with Crippen molar-refractivity contribution < 1.29 is 17.9 Å². The van der Waals surface area contributed by atoms with Crippen molar-refractivity contribution in [2.75, 3.05) is 20.2 Å². The van der Waals surface area contributed by atoms with Crippen LogP contribution in [0.15, 0.2) is 18.2 Å². The first-order valence-electron chi connectivity index (χ1n) is 6.89. The Bertz CT molecular complexity index is 453. The van der Waals surface area contributed by atoms with Crippen LogP contribution in [0.3, 0.4) is 0 Å². The van der Waals surface area contributed by atoms with Crippen LogP contribution in [0.1, 0.15) is 36.8 Å². The van der Waals surface area contributed by atoms with Gasteiger partial charge in [-0.05, 0) is 55.5 Å². The average Bonchev–Trinajstić information content (AvgIpc) is 2.46. The van der Waals surface area contributed by atoms with Crippen LogP contribution >= 0.6 is 0 Å². The van der Waals surface area contributed by atoms with Crippen LogP contribution in [-0.2, 0) is 6.18 Å². The van der Waals surface area contributed by atoms with E-state index in [1.54, 1.807) is 6.07 Å². The summed E-state index contributed by atoms with van der Waals surface area (Å²) in [7, 11) is 1.26. The molecule has 112 valence electrons. The summed E-state index contributed by atoms with van der Waals surface area (Å²) in [6, 6.07) is 4.42. The summed E-state index contributed by atoms with van der Waals surface area (Å²) in [5.41, 5.74) is 0.0586. The number of nitrogens with one attached hydrogen (secondary N) is 1. The number of methoxy groups -OCH3 is 1. The van der Waals surface area contributed by atoms with E-state index in [1.165, 1.54) is 19.2 Å². The van der Waals surface area contributed by atoms with Gasteiger partial charge in [0.1, 0.15) is 5.75 Å². The zero-order chi connectivity index (χ0) is 14.8. The second-order valence-electron chi connectivity index (χ2n) is 5.33. The molecular formula is C15H20F3NO. The van der Waals surface area contributed by atoms with Crippen LogP contribution in [0.4, 0.5) is 13.2 Å². The highest BCUT2D eigenvalue weighted by Crippen LogP contribution is 2.39. The Kier molecular flexibility index (Phi) is 4.58. The standard InChI is InChI=1S/C15H20F3NO/c1-10(11-5-7-19-8-6-11)12-3-4-14(20-2)13(9-12)15(16,17)18/h3-4,9-11,19H,5-8H2,1-2H3. The minimum Gasteiger partial charge on any atom is -0.496 e. The summed E-state index contributed by atoms with van der Waals surface area (Å²) >= 11 is 0. The largest absolute Gasteiger partial charge is 0.496 e. The van der Waals surface area contributed by atoms with Crippen LogP contribution in [0.2, 0.25) is 0 Å². The highest BCUT2D eigenvalue weighted by atomic mass is 19.4. The molecule has 0 aliphatic carbocycles. The maximum atomic E-state index is 13.0. The maximum Gasteiger partial charge on any atom is 0.419 e. The lowest BCUT2D eigenvalue weighted by Gasteiger charge is -2.29. The van der Waals surface area contributed by atoms with Crippen molar-refractivity contribution in [3.63, 3.8) is 0 Å². The fourth-order valence-electron chi connectivity index (χ4n) is 2.85. The molecule has 20 heavy (non-hydrogen) atoms. The fraction of sp³-hybridized carbons (Fsp3) is 0.600. The lowest BCUT2D eigenvalue weighted by atomic mass is 9.81. The van der Waals surface area contributed by atoms with E-state index in [0.717, 1.165) is 31.5 Å². The van der Waals surface area contributed by atoms with Gasteiger partial charge in [-0.1, -0.05) is 13.0 Å². The van der Waals surface area contributed by atoms with Gasteiger partial charge in [0, 0.05) is 0 Å². The van der Waals surface area contributed by atoms with E-state index < -0.39 is 11.7 Å². The van der Waals surface area contributed by atoms with Crippen LogP contribution < -0.4 is 10.1 Å². The van der Waals surface area contributed by atoms with Gasteiger partial charge in [0.2, 0.25) is 0 Å². The molecule has 1 fully saturated rings. The zero-order valence-electron chi connectivity index (χ0n) is 11.8. The normalized spacial score (nSPS) is 18.9. The number of alkyl halides is 3. The monoisotopic (exact) mass is 287 g/mol. The van der Waals surface area contributed by atoms with Gasteiger partial charge >= 0.3 is 6.18 Å². The predicted octanol–water partition coefficient (Wildman–Crippen LogP) is 3.82. The minimum absolute atomic E-state index is 0.112. The van der Waals surface area contributed by atoms with Crippen molar-refractivity contribution in [1.82, 2.24) is 5.32 Å². The van der Waals surface area contributed by atoms with Crippen LogP contribution in [0.5, 0.6) is 5.75 Å². The number of rotatable bonds is 3. The molecule has 1 aromatic carbocycles. The summed E-state index contributed by atoms with van der Waals surface area (Å²) in [5.74, 6) is 0.452. The third-order valence-electron chi connectivity index (χ3n) is 4.15. The Morgan fingerprint density at radius 3 is 2.45 bits per heavy atom. The highest BCUT2D eigenvalue weighted by molar-refractivity contribution is 5.40. The molecule has 5 heteroatoms. The number of benzene rings is 1. The molecule has 1 aliphatic rings. The van der Waals surface area contributed by atoms with Gasteiger partial charge in [-0.3, -0.25) is 0 Å². The molecule has 0 saturated carbocycles. The molecule has 0 amide bonds. The van der Waals surface area contributed by atoms with E-state index in [1.807, 2.05) is 6.92 Å². The third-order valence-corrected chi connectivity index (χ3v) is 4.15. The molecular weight excluding hydrogens is 267 g/mol. The van der Waals surface area contributed by atoms with Crippen LogP contribution in [-0.4, -0.2) is 20.2 Å². The van der Waals surface area contributed by atoms with Gasteiger partial charge in [0.15, 0.2) is 0 Å². The van der Waals surface area contributed by atoms with Crippen molar-refractivity contribution >= 4 is 0 Å². The van der Waals surface area contributed by atoms with Gasteiger partial charge < -0.3 is 10.1 Å². The van der Waals surface area contributed by atoms with Crippen molar-refractivity contribution in [3.8, 4) is 5.75 Å². The van der Waals surface area contributed by atoms with Crippen LogP contribution in [0, 0.1) is 5.92 Å². The summed E-state index contributed by atoms with van der Waals surface area (Å²) in [6.45, 7) is 3.90. The van der Waals surface area contributed by atoms with E-state index in [0.29, 0.717) is 5.92 Å². The smallest absolute Gasteiger partial charge is 0.419 e. The van der Waals surface area contributed by atoms with Crippen molar-refractivity contribution in [3.05, 3.63) is 29.3 Å². The van der Waals surface area contributed by atoms with Crippen LogP contribution in [0.25, 0.3) is 0 Å². The first-order chi connectivity index (χ1) is 9.43. The van der Waals surface area contributed by atoms with Crippen molar-refractivity contribution in [1.29, 1.82) is 0 Å². The van der Waals surface area contributed by atoms with Gasteiger partial charge in [0.25, 0.3) is 0 Å². The summed E-state index contributed by atoms with van der Waals surface area (Å²) in [5, 5.41) is 3.27. The Balaban J connectivity index is 2.28. The second kappa shape index (κ2) is 6.04. The molecule has 1 aliphatic heterocycles. The lowest BCUT2D eigenvalue weighted by Crippen LogP contribution is -2.30. The predicted molar refractivity (Wildman–Crippen MR) is 72.0 cm³/mol. The Hall–Kier alpha value is -1.23. The average molecular weight is 287 g/mol. The Morgan fingerprint density at radius 1 is 1.25 bits per heavy atom. The van der Waals surface area contributed by atoms with Gasteiger partial charge in [-0.15, -0.1) is 0 Å². The molecule has 1 unspecified atom stereocenters. The van der Waals surface area contributed by atoms with Gasteiger partial charge in [0.05, 0.1) is 12.7 Å². The number of piperidine rings is 1. The number of hydrogen-bond acceptors (Lipinski definition) is 2. The van der Waals surface area contributed by atoms with E-state index in [2.05, 4.69) is 5.32 Å². The van der Waals surface area contributed by atoms with E-state index in [4.69, 9.17) is 4.74 Å². The summed E-state index contributed by atoms with van der Waals surface area (Å²) in [4.78, 5) is 0. The maximum absolute atomic E-state index is 13.0. The summed E-state index contributed by atoms with van der Waals surface area (Å²) in [6.07, 6.45) is -2.36. The SMILES string of the molecule is COc1ccc(C(C)C2CCNCC2)cc1C(F)(F)F. The molecule has 1 saturated heterocycles. The molecule has 2 nitrogen and oxygen atoms in total. The Labute approximate surface area is 117 Å². The topological polar surface area (TPSA) is 21.3 Å². The van der Waals surface area contributed by atoms with E-state index in [-0.39, 0.29) is 11.7 Å². The quantitative estimate of drug-likeness (QED) is 0.912. The molecule has 0 radical (unpaired) electrons. The number of hydrogen-bond donors (Lipinski definition) is 1. The molecule has 0 spiro atoms. The molecule has 1 N–H and O–H groups in total. The summed E-state index contributed by atoms with van der Waals surface area (Å²) < 4.78 is 43.9. The zero-order valence-corrected chi connectivity index (χ0v) is 11.8. The molecule has 1 heterocycles. The molecule has 2 rings (SSSR count). The molecule has 0 bridgehead atoms. The molecule has 1 aromatic rings. The van der Waals surface area contributed by atoms with Crippen molar-refractivity contribution in [2.45, 2.75) is 31.9 Å². The first-order valence-corrected chi connectivity index (χ1v) is 6.89. The highest BCUT2D eigenvalue weighted by Gasteiger charge is 2.35. The minimum atomic E-state index is -4.38. The lowest BCUT2D eigenvalue weighted by molar-refractivity contribution is -0.138.